The number of amides is 1. The number of nitrogens with zero attached hydrogens (tertiary/aromatic N) is 7. The molecule has 4 heterocycles. The fourth-order valence-corrected chi connectivity index (χ4v) is 4.31. The Labute approximate surface area is 163 Å². The van der Waals surface area contributed by atoms with Gasteiger partial charge in [-0.3, -0.25) is 14.5 Å². The van der Waals surface area contributed by atoms with E-state index < -0.39 is 0 Å². The van der Waals surface area contributed by atoms with Gasteiger partial charge in [-0.1, -0.05) is 0 Å². The second-order valence-electron chi connectivity index (χ2n) is 7.78. The van der Waals surface area contributed by atoms with Gasteiger partial charge >= 0.3 is 0 Å². The summed E-state index contributed by atoms with van der Waals surface area (Å²) >= 11 is 0. The number of carbonyl (C=O) groups is 1. The lowest BCUT2D eigenvalue weighted by Gasteiger charge is -2.32. The molecule has 0 bridgehead atoms. The van der Waals surface area contributed by atoms with Crippen molar-refractivity contribution in [2.24, 2.45) is 7.05 Å². The molecule has 3 aromatic heterocycles. The Morgan fingerprint density at radius 1 is 1.18 bits per heavy atom. The number of aryl methyl sites for hydroxylation is 3. The van der Waals surface area contributed by atoms with Crippen molar-refractivity contribution < 1.29 is 4.79 Å². The van der Waals surface area contributed by atoms with Crippen LogP contribution < -0.4 is 0 Å². The van der Waals surface area contributed by atoms with Crippen LogP contribution in [0.3, 0.4) is 0 Å². The molecule has 8 heteroatoms. The van der Waals surface area contributed by atoms with Gasteiger partial charge in [0.05, 0.1) is 29.9 Å². The van der Waals surface area contributed by atoms with Crippen molar-refractivity contribution in [1.82, 2.24) is 34.4 Å². The zero-order valence-corrected chi connectivity index (χ0v) is 16.2. The van der Waals surface area contributed by atoms with Crippen LogP contribution in [0.15, 0.2) is 24.7 Å². The largest absolute Gasteiger partial charge is 0.329 e. The molecule has 0 unspecified atom stereocenters. The molecule has 8 nitrogen and oxygen atoms in total. The van der Waals surface area contributed by atoms with E-state index in [0.29, 0.717) is 18.7 Å². The van der Waals surface area contributed by atoms with E-state index in [-0.39, 0.29) is 11.9 Å². The predicted molar refractivity (Wildman–Crippen MR) is 103 cm³/mol. The first kappa shape index (κ1) is 17.1. The quantitative estimate of drug-likeness (QED) is 0.684. The van der Waals surface area contributed by atoms with Crippen LogP contribution in [0.4, 0.5) is 0 Å². The molecule has 28 heavy (non-hydrogen) atoms. The third-order valence-electron chi connectivity index (χ3n) is 5.69. The van der Waals surface area contributed by atoms with E-state index >= 15 is 0 Å². The standard InChI is InChI=1S/C20H23N7O/c1-13-10-26(20(28)15-7-14-5-3-4-6-17(14)21-8-15)12-18-23-24-19(27(13)18)16-9-22-25(2)11-16/h7-9,11,13H,3-6,10,12H2,1-2H3/t13-/m0/s1. The second-order valence-corrected chi connectivity index (χ2v) is 7.78. The minimum atomic E-state index is 0.0184. The third-order valence-corrected chi connectivity index (χ3v) is 5.69. The fourth-order valence-electron chi connectivity index (χ4n) is 4.31. The average Bonchev–Trinajstić information content (AvgIpc) is 3.33. The van der Waals surface area contributed by atoms with Crippen LogP contribution in [0.1, 0.15) is 53.2 Å². The van der Waals surface area contributed by atoms with E-state index in [1.165, 1.54) is 18.4 Å². The summed E-state index contributed by atoms with van der Waals surface area (Å²) in [6.07, 6.45) is 9.85. The minimum absolute atomic E-state index is 0.0184. The number of aromatic nitrogens is 6. The van der Waals surface area contributed by atoms with Gasteiger partial charge in [0.25, 0.3) is 5.91 Å². The third kappa shape index (κ3) is 2.80. The first-order chi connectivity index (χ1) is 13.6. The number of pyridine rings is 1. The van der Waals surface area contributed by atoms with E-state index in [0.717, 1.165) is 35.7 Å². The number of hydrogen-bond donors (Lipinski definition) is 0. The molecule has 1 aliphatic carbocycles. The van der Waals surface area contributed by atoms with Gasteiger partial charge in [0.15, 0.2) is 11.6 Å². The van der Waals surface area contributed by atoms with E-state index in [1.54, 1.807) is 17.1 Å². The molecule has 0 fully saturated rings. The molecule has 0 saturated heterocycles. The molecule has 0 radical (unpaired) electrons. The lowest BCUT2D eigenvalue weighted by atomic mass is 9.95. The SMILES string of the molecule is C[C@H]1CN(C(=O)c2cnc3c(c2)CCCC3)Cc2nnc(-c3cnn(C)c3)n21. The lowest BCUT2D eigenvalue weighted by molar-refractivity contribution is 0.0681. The van der Waals surface area contributed by atoms with Crippen LogP contribution in [0.5, 0.6) is 0 Å². The highest BCUT2D eigenvalue weighted by Crippen LogP contribution is 2.28. The Balaban J connectivity index is 1.42. The van der Waals surface area contributed by atoms with Gasteiger partial charge in [0, 0.05) is 31.7 Å². The first-order valence-corrected chi connectivity index (χ1v) is 9.80. The highest BCUT2D eigenvalue weighted by Gasteiger charge is 2.30. The molecule has 1 atom stereocenters. The van der Waals surface area contributed by atoms with Gasteiger partial charge in [-0.15, -0.1) is 10.2 Å². The highest BCUT2D eigenvalue weighted by atomic mass is 16.2. The average molecular weight is 377 g/mol. The molecule has 0 spiro atoms. The summed E-state index contributed by atoms with van der Waals surface area (Å²) in [7, 11) is 1.88. The van der Waals surface area contributed by atoms with Crippen LogP contribution in [-0.4, -0.2) is 46.9 Å². The fraction of sp³-hybridized carbons (Fsp3) is 0.450. The Morgan fingerprint density at radius 2 is 2.04 bits per heavy atom. The van der Waals surface area contributed by atoms with Crippen LogP contribution in [0, 0.1) is 0 Å². The normalized spacial score (nSPS) is 18.6. The molecule has 1 aliphatic heterocycles. The van der Waals surface area contributed by atoms with Crippen molar-refractivity contribution in [3.8, 4) is 11.4 Å². The molecular weight excluding hydrogens is 354 g/mol. The van der Waals surface area contributed by atoms with Crippen LogP contribution in [0.25, 0.3) is 11.4 Å². The zero-order valence-electron chi connectivity index (χ0n) is 16.2. The van der Waals surface area contributed by atoms with Gasteiger partial charge in [-0.2, -0.15) is 5.10 Å². The molecule has 0 saturated carbocycles. The molecule has 0 N–H and O–H groups in total. The molecule has 5 rings (SSSR count). The van der Waals surface area contributed by atoms with Crippen LogP contribution in [0.2, 0.25) is 0 Å². The summed E-state index contributed by atoms with van der Waals surface area (Å²) < 4.78 is 3.87. The van der Waals surface area contributed by atoms with E-state index in [9.17, 15) is 4.79 Å². The zero-order chi connectivity index (χ0) is 19.3. The smallest absolute Gasteiger partial charge is 0.255 e. The number of hydrogen-bond acceptors (Lipinski definition) is 5. The van der Waals surface area contributed by atoms with E-state index in [4.69, 9.17) is 0 Å². The highest BCUT2D eigenvalue weighted by molar-refractivity contribution is 5.94. The topological polar surface area (TPSA) is 81.7 Å². The number of rotatable bonds is 2. The van der Waals surface area contributed by atoms with Gasteiger partial charge in [0.2, 0.25) is 0 Å². The summed E-state index contributed by atoms with van der Waals surface area (Å²) in [5.74, 6) is 1.62. The summed E-state index contributed by atoms with van der Waals surface area (Å²) in [5.41, 5.74) is 3.99. The Bertz CT molecular complexity index is 1050. The van der Waals surface area contributed by atoms with Crippen LogP contribution >= 0.6 is 0 Å². The molecule has 1 amide bonds. The Morgan fingerprint density at radius 3 is 2.86 bits per heavy atom. The van der Waals surface area contributed by atoms with Gasteiger partial charge < -0.3 is 9.47 Å². The molecule has 144 valence electrons. The van der Waals surface area contributed by atoms with Crippen LogP contribution in [-0.2, 0) is 26.4 Å². The van der Waals surface area contributed by atoms with E-state index in [2.05, 4.69) is 31.8 Å². The van der Waals surface area contributed by atoms with E-state index in [1.807, 2.05) is 24.2 Å². The monoisotopic (exact) mass is 377 g/mol. The molecular formula is C20H23N7O. The second kappa shape index (κ2) is 6.54. The maximum absolute atomic E-state index is 13.1. The summed E-state index contributed by atoms with van der Waals surface area (Å²) in [6.45, 7) is 3.17. The molecule has 3 aromatic rings. The maximum Gasteiger partial charge on any atom is 0.255 e. The van der Waals surface area contributed by atoms with Crippen molar-refractivity contribution >= 4 is 5.91 Å². The summed E-state index contributed by atoms with van der Waals surface area (Å²) in [4.78, 5) is 19.5. The van der Waals surface area contributed by atoms with Gasteiger partial charge in [-0.05, 0) is 44.2 Å². The van der Waals surface area contributed by atoms with Crippen molar-refractivity contribution in [3.63, 3.8) is 0 Å². The summed E-state index contributed by atoms with van der Waals surface area (Å²) in [6, 6.07) is 2.12. The lowest BCUT2D eigenvalue weighted by Crippen LogP contribution is -2.40. The maximum atomic E-state index is 13.1. The van der Waals surface area contributed by atoms with Crippen molar-refractivity contribution in [2.75, 3.05) is 6.54 Å². The van der Waals surface area contributed by atoms with Gasteiger partial charge in [0.1, 0.15) is 0 Å². The summed E-state index contributed by atoms with van der Waals surface area (Å²) in [5, 5.41) is 12.9. The minimum Gasteiger partial charge on any atom is -0.329 e. The van der Waals surface area contributed by atoms with Crippen molar-refractivity contribution in [1.29, 1.82) is 0 Å². The molecule has 0 aromatic carbocycles. The Hall–Kier alpha value is -3.03. The number of fused-ring (bicyclic) bond motifs is 2. The Kier molecular flexibility index (Phi) is 3.99. The van der Waals surface area contributed by atoms with Crippen molar-refractivity contribution in [3.05, 3.63) is 47.3 Å². The van der Waals surface area contributed by atoms with Gasteiger partial charge in [-0.25, -0.2) is 0 Å². The van der Waals surface area contributed by atoms with Crippen molar-refractivity contribution in [2.45, 2.75) is 45.2 Å². The first-order valence-electron chi connectivity index (χ1n) is 9.80. The number of carbonyl (C=O) groups excluding carboxylic acids is 1. The molecule has 2 aliphatic rings. The predicted octanol–water partition coefficient (Wildman–Crippen LogP) is 2.17.